The minimum absolute atomic E-state index is 0.0646. The number of rotatable bonds is 8. The number of phosphoric acid groups is 2. The van der Waals surface area contributed by atoms with Gasteiger partial charge in [0.25, 0.3) is 0 Å². The van der Waals surface area contributed by atoms with E-state index in [1.807, 2.05) is 0 Å². The molecule has 2 unspecified atom stereocenters. The highest BCUT2D eigenvalue weighted by molar-refractivity contribution is 7.68. The molecule has 28 heavy (non-hydrogen) atoms. The minimum atomic E-state index is -5.46. The Morgan fingerprint density at radius 3 is 2.43 bits per heavy atom. The molecule has 0 amide bonds. The quantitative estimate of drug-likeness (QED) is 0.339. The van der Waals surface area contributed by atoms with E-state index in [1.165, 1.54) is 12.7 Å². The molecule has 2 heterocycles. The summed E-state index contributed by atoms with van der Waals surface area (Å²) < 4.78 is 48.0. The van der Waals surface area contributed by atoms with Crippen LogP contribution in [0.3, 0.4) is 0 Å². The molecule has 156 valence electrons. The van der Waals surface area contributed by atoms with E-state index in [9.17, 15) is 18.6 Å². The summed E-state index contributed by atoms with van der Waals surface area (Å²) in [5.74, 6) is 0.236. The Kier molecular flexibility index (Phi) is 5.78. The Morgan fingerprint density at radius 1 is 1.11 bits per heavy atom. The first kappa shape index (κ1) is 21.5. The van der Waals surface area contributed by atoms with Crippen molar-refractivity contribution in [3.8, 4) is 0 Å². The Labute approximate surface area is 156 Å². The molecule has 1 fully saturated rings. The standard InChI is InChI=1S/C10H16N5O10P3/c11-9-8-10(13-3-12-9)15(4-14-8)6-1-7(2-6)23-5-26(16,17)24-28(21,22)25-27(18,19)20/h3-4,6-7H,1-2,5H2,(H,16,17)(H,21,22)(H2,11,12,13)(H2,18,19,20)/t6-,7+. The van der Waals surface area contributed by atoms with Crippen molar-refractivity contribution >= 4 is 40.2 Å². The third kappa shape index (κ3) is 5.22. The highest BCUT2D eigenvalue weighted by Gasteiger charge is 2.41. The predicted octanol–water partition coefficient (Wildman–Crippen LogP) is 0.498. The van der Waals surface area contributed by atoms with Gasteiger partial charge in [-0.3, -0.25) is 4.57 Å². The van der Waals surface area contributed by atoms with E-state index in [1.54, 1.807) is 4.57 Å². The highest BCUT2D eigenvalue weighted by Crippen LogP contribution is 2.66. The van der Waals surface area contributed by atoms with Crippen LogP contribution >= 0.6 is 23.2 Å². The number of aromatic nitrogens is 4. The van der Waals surface area contributed by atoms with Crippen LogP contribution in [-0.4, -0.2) is 51.5 Å². The van der Waals surface area contributed by atoms with Gasteiger partial charge in [0, 0.05) is 6.04 Å². The Morgan fingerprint density at radius 2 is 1.79 bits per heavy atom. The molecular formula is C10H16N5O10P3. The van der Waals surface area contributed by atoms with Gasteiger partial charge < -0.3 is 34.6 Å². The lowest BCUT2D eigenvalue weighted by atomic mass is 9.89. The molecule has 0 spiro atoms. The molecule has 6 N–H and O–H groups in total. The van der Waals surface area contributed by atoms with Gasteiger partial charge in [0.1, 0.15) is 18.2 Å². The lowest BCUT2D eigenvalue weighted by Gasteiger charge is -2.36. The van der Waals surface area contributed by atoms with Crippen LogP contribution in [0, 0.1) is 0 Å². The highest BCUT2D eigenvalue weighted by atomic mass is 31.3. The number of fused-ring (bicyclic) bond motifs is 1. The SMILES string of the molecule is Nc1ncnc2c1ncn2[C@H]1C[C@@H](OCP(=O)(O)OP(=O)(O)OP(=O)(O)O)C1. The molecule has 18 heteroatoms. The molecule has 0 aliphatic heterocycles. The van der Waals surface area contributed by atoms with E-state index >= 15 is 0 Å². The van der Waals surface area contributed by atoms with Crippen molar-refractivity contribution in [2.45, 2.75) is 25.0 Å². The summed E-state index contributed by atoms with van der Waals surface area (Å²) in [5.41, 5.74) is 6.69. The maximum atomic E-state index is 11.8. The molecule has 3 rings (SSSR count). The molecule has 0 aromatic carbocycles. The van der Waals surface area contributed by atoms with Gasteiger partial charge in [0.2, 0.25) is 0 Å². The number of hydrogen-bond donors (Lipinski definition) is 5. The summed E-state index contributed by atoms with van der Waals surface area (Å²) in [6, 6.07) is -0.0646. The van der Waals surface area contributed by atoms with Crippen molar-refractivity contribution in [2.75, 3.05) is 12.1 Å². The van der Waals surface area contributed by atoms with Gasteiger partial charge in [-0.05, 0) is 12.8 Å². The number of ether oxygens (including phenoxy) is 1. The normalized spacial score (nSPS) is 24.4. The summed E-state index contributed by atoms with van der Waals surface area (Å²) in [6.45, 7) is 0. The molecule has 15 nitrogen and oxygen atoms in total. The molecular weight excluding hydrogens is 443 g/mol. The average molecular weight is 459 g/mol. The molecule has 1 aliphatic carbocycles. The van der Waals surface area contributed by atoms with Crippen molar-refractivity contribution in [3.63, 3.8) is 0 Å². The molecule has 2 aromatic heterocycles. The second kappa shape index (κ2) is 7.54. The zero-order chi connectivity index (χ0) is 20.7. The van der Waals surface area contributed by atoms with Crippen molar-refractivity contribution < 1.29 is 46.6 Å². The van der Waals surface area contributed by atoms with Gasteiger partial charge in [-0.25, -0.2) is 28.4 Å². The number of nitrogens with zero attached hydrogens (tertiary/aromatic N) is 4. The molecule has 0 saturated heterocycles. The van der Waals surface area contributed by atoms with Crippen molar-refractivity contribution in [2.24, 2.45) is 0 Å². The molecule has 0 bridgehead atoms. The average Bonchev–Trinajstić information content (AvgIpc) is 2.87. The zero-order valence-corrected chi connectivity index (χ0v) is 16.6. The monoisotopic (exact) mass is 459 g/mol. The van der Waals surface area contributed by atoms with E-state index in [0.717, 1.165) is 0 Å². The van der Waals surface area contributed by atoms with E-state index < -0.39 is 35.7 Å². The van der Waals surface area contributed by atoms with Crippen LogP contribution < -0.4 is 5.73 Å². The van der Waals surface area contributed by atoms with E-state index in [-0.39, 0.29) is 11.9 Å². The fourth-order valence-corrected chi connectivity index (χ4v) is 5.91. The first-order chi connectivity index (χ1) is 12.9. The second-order valence-electron chi connectivity index (χ2n) is 5.89. The van der Waals surface area contributed by atoms with Gasteiger partial charge in [-0.2, -0.15) is 4.31 Å². The Balaban J connectivity index is 1.53. The summed E-state index contributed by atoms with van der Waals surface area (Å²) in [4.78, 5) is 47.7. The number of hydrogen-bond acceptors (Lipinski definition) is 10. The fraction of sp³-hybridized carbons (Fsp3) is 0.500. The smallest absolute Gasteiger partial charge is 0.382 e. The van der Waals surface area contributed by atoms with Crippen molar-refractivity contribution in [3.05, 3.63) is 12.7 Å². The largest absolute Gasteiger partial charge is 0.488 e. The summed E-state index contributed by atoms with van der Waals surface area (Å²) >= 11 is 0. The molecule has 1 aliphatic rings. The van der Waals surface area contributed by atoms with E-state index in [0.29, 0.717) is 24.0 Å². The first-order valence-corrected chi connectivity index (χ1v) is 12.3. The van der Waals surface area contributed by atoms with Crippen LogP contribution in [0.5, 0.6) is 0 Å². The van der Waals surface area contributed by atoms with Crippen LogP contribution in [0.25, 0.3) is 11.2 Å². The Bertz CT molecular complexity index is 1020. The predicted molar refractivity (Wildman–Crippen MR) is 91.6 cm³/mol. The number of imidazole rings is 1. The number of nitrogens with two attached hydrogens (primary N) is 1. The second-order valence-corrected chi connectivity index (χ2v) is 10.6. The van der Waals surface area contributed by atoms with Crippen LogP contribution in [0.1, 0.15) is 18.9 Å². The lowest BCUT2D eigenvalue weighted by molar-refractivity contribution is -0.00917. The lowest BCUT2D eigenvalue weighted by Crippen LogP contribution is -2.33. The van der Waals surface area contributed by atoms with Crippen LogP contribution in [0.15, 0.2) is 12.7 Å². The zero-order valence-electron chi connectivity index (χ0n) is 13.9. The first-order valence-electron chi connectivity index (χ1n) is 7.53. The maximum Gasteiger partial charge on any atom is 0.488 e. The van der Waals surface area contributed by atoms with Crippen LogP contribution in [0.2, 0.25) is 0 Å². The third-order valence-electron chi connectivity index (χ3n) is 3.76. The van der Waals surface area contributed by atoms with E-state index in [2.05, 4.69) is 23.6 Å². The van der Waals surface area contributed by atoms with Gasteiger partial charge >= 0.3 is 23.2 Å². The number of anilines is 1. The van der Waals surface area contributed by atoms with Crippen LogP contribution in [-0.2, 0) is 27.1 Å². The molecule has 2 aromatic rings. The van der Waals surface area contributed by atoms with Gasteiger partial charge in [-0.15, -0.1) is 0 Å². The van der Waals surface area contributed by atoms with Gasteiger partial charge in [0.05, 0.1) is 12.4 Å². The Hall–Kier alpha value is -1.24. The topological polar surface area (TPSA) is 229 Å². The van der Waals surface area contributed by atoms with Crippen molar-refractivity contribution in [1.82, 2.24) is 19.5 Å². The van der Waals surface area contributed by atoms with Crippen LogP contribution in [0.4, 0.5) is 5.82 Å². The summed E-state index contributed by atoms with van der Waals surface area (Å²) in [7, 11) is -15.7. The molecule has 2 atom stereocenters. The summed E-state index contributed by atoms with van der Waals surface area (Å²) in [5, 5.41) is 0. The van der Waals surface area contributed by atoms with Crippen molar-refractivity contribution in [1.29, 1.82) is 0 Å². The third-order valence-corrected chi connectivity index (χ3v) is 7.76. The number of nitrogen functional groups attached to an aromatic ring is 1. The molecule has 0 radical (unpaired) electrons. The van der Waals surface area contributed by atoms with Gasteiger partial charge in [0.15, 0.2) is 11.5 Å². The van der Waals surface area contributed by atoms with E-state index in [4.69, 9.17) is 25.2 Å². The molecule has 1 saturated carbocycles. The minimum Gasteiger partial charge on any atom is -0.382 e. The van der Waals surface area contributed by atoms with Gasteiger partial charge in [-0.1, -0.05) is 0 Å². The summed E-state index contributed by atoms with van der Waals surface area (Å²) in [6.07, 6.45) is 2.24. The fourth-order valence-electron chi connectivity index (χ4n) is 2.57. The maximum absolute atomic E-state index is 11.8.